The zero-order chi connectivity index (χ0) is 19.3. The molecule has 1 atom stereocenters. The number of nitrogens with zero attached hydrogens (tertiary/aromatic N) is 2. The van der Waals surface area contributed by atoms with Crippen molar-refractivity contribution >= 4 is 29.6 Å². The number of aryl methyl sites for hydroxylation is 1. The van der Waals surface area contributed by atoms with Crippen molar-refractivity contribution < 1.29 is 18.7 Å². The summed E-state index contributed by atoms with van der Waals surface area (Å²) in [6.07, 6.45) is 1.75. The van der Waals surface area contributed by atoms with Crippen molar-refractivity contribution in [3.05, 3.63) is 52.6 Å². The molecular weight excluding hydrogens is 361 g/mol. The summed E-state index contributed by atoms with van der Waals surface area (Å²) in [5, 5.41) is 7.14. The Morgan fingerprint density at radius 1 is 1.38 bits per heavy atom. The van der Waals surface area contributed by atoms with Gasteiger partial charge in [-0.25, -0.2) is 13.9 Å². The number of hydrogen-bond acceptors (Lipinski definition) is 4. The van der Waals surface area contributed by atoms with E-state index in [1.54, 1.807) is 26.0 Å². The van der Waals surface area contributed by atoms with Crippen molar-refractivity contribution in [3.63, 3.8) is 0 Å². The Labute approximate surface area is 155 Å². The number of carbonyl (C=O) groups is 2. The fourth-order valence-corrected chi connectivity index (χ4v) is 2.53. The highest BCUT2D eigenvalue weighted by molar-refractivity contribution is 6.31. The van der Waals surface area contributed by atoms with Gasteiger partial charge in [-0.15, -0.1) is 0 Å². The summed E-state index contributed by atoms with van der Waals surface area (Å²) in [7, 11) is 0. The van der Waals surface area contributed by atoms with Crippen LogP contribution in [0.1, 0.15) is 25.1 Å². The number of benzene rings is 1. The maximum absolute atomic E-state index is 13.1. The molecule has 6 nitrogen and oxygen atoms in total. The molecule has 0 saturated carbocycles. The Morgan fingerprint density at radius 2 is 2.04 bits per heavy atom. The molecule has 1 aromatic heterocycles. The number of esters is 1. The van der Waals surface area contributed by atoms with Crippen LogP contribution in [0.4, 0.5) is 4.39 Å². The van der Waals surface area contributed by atoms with Crippen LogP contribution in [0.3, 0.4) is 0 Å². The average molecular weight is 380 g/mol. The van der Waals surface area contributed by atoms with Gasteiger partial charge in [0.25, 0.3) is 5.91 Å². The van der Waals surface area contributed by atoms with Crippen LogP contribution in [0, 0.1) is 12.7 Å². The van der Waals surface area contributed by atoms with Crippen molar-refractivity contribution in [2.24, 2.45) is 0 Å². The minimum absolute atomic E-state index is 0.273. The van der Waals surface area contributed by atoms with Crippen LogP contribution in [-0.2, 0) is 14.3 Å². The van der Waals surface area contributed by atoms with E-state index in [1.807, 2.05) is 0 Å². The maximum Gasteiger partial charge on any atom is 0.331 e. The third-order valence-electron chi connectivity index (χ3n) is 3.52. The van der Waals surface area contributed by atoms with E-state index in [9.17, 15) is 14.0 Å². The number of hydrogen-bond donors (Lipinski definition) is 1. The predicted octanol–water partition coefficient (Wildman–Crippen LogP) is 3.05. The minimum atomic E-state index is -0.898. The zero-order valence-electron chi connectivity index (χ0n) is 14.6. The fraction of sp³-hybridized carbons (Fsp3) is 0.278. The Hall–Kier alpha value is -2.67. The Bertz CT molecular complexity index is 831. The molecule has 2 rings (SSSR count). The van der Waals surface area contributed by atoms with Gasteiger partial charge >= 0.3 is 5.97 Å². The van der Waals surface area contributed by atoms with Crippen LogP contribution in [0.25, 0.3) is 11.8 Å². The predicted molar refractivity (Wildman–Crippen MR) is 96.5 cm³/mol. The molecule has 0 spiro atoms. The summed E-state index contributed by atoms with van der Waals surface area (Å²) in [5.74, 6) is -1.40. The number of rotatable bonds is 6. The van der Waals surface area contributed by atoms with Crippen LogP contribution < -0.4 is 5.32 Å². The number of amides is 1. The van der Waals surface area contributed by atoms with Crippen molar-refractivity contribution in [1.29, 1.82) is 0 Å². The molecule has 0 aliphatic rings. The lowest BCUT2D eigenvalue weighted by molar-refractivity contribution is -0.150. The first-order valence-corrected chi connectivity index (χ1v) is 8.38. The average Bonchev–Trinajstić information content (AvgIpc) is 2.88. The molecule has 1 amide bonds. The van der Waals surface area contributed by atoms with Gasteiger partial charge in [0, 0.05) is 18.2 Å². The van der Waals surface area contributed by atoms with Crippen LogP contribution >= 0.6 is 11.6 Å². The second-order valence-corrected chi connectivity index (χ2v) is 5.84. The molecule has 26 heavy (non-hydrogen) atoms. The Kier molecular flexibility index (Phi) is 6.52. The van der Waals surface area contributed by atoms with Gasteiger partial charge in [0.2, 0.25) is 0 Å². The summed E-state index contributed by atoms with van der Waals surface area (Å²) in [6.45, 7) is 5.44. The largest absolute Gasteiger partial charge is 0.449 e. The molecule has 138 valence electrons. The van der Waals surface area contributed by atoms with E-state index in [2.05, 4.69) is 10.4 Å². The van der Waals surface area contributed by atoms with E-state index >= 15 is 0 Å². The SMILES string of the molecule is CCNC(=O)[C@@H](C)OC(=O)/C=C/c1c(C)nn(-c2ccc(F)cc2)c1Cl. The maximum atomic E-state index is 13.1. The van der Waals surface area contributed by atoms with Gasteiger partial charge in [-0.05, 0) is 51.1 Å². The summed E-state index contributed by atoms with van der Waals surface area (Å²) in [4.78, 5) is 23.4. The molecule has 0 fully saturated rings. The first kappa shape index (κ1) is 19.7. The number of carbonyl (C=O) groups excluding carboxylic acids is 2. The van der Waals surface area contributed by atoms with E-state index in [0.717, 1.165) is 0 Å². The normalized spacial score (nSPS) is 12.2. The van der Waals surface area contributed by atoms with E-state index in [-0.39, 0.29) is 16.9 Å². The summed E-state index contributed by atoms with van der Waals surface area (Å²) in [6, 6.07) is 5.70. The zero-order valence-corrected chi connectivity index (χ0v) is 15.4. The third kappa shape index (κ3) is 4.70. The lowest BCUT2D eigenvalue weighted by Crippen LogP contribution is -2.35. The van der Waals surface area contributed by atoms with Gasteiger partial charge < -0.3 is 10.1 Å². The van der Waals surface area contributed by atoms with Gasteiger partial charge in [-0.2, -0.15) is 5.10 Å². The van der Waals surface area contributed by atoms with Crippen LogP contribution in [0.15, 0.2) is 30.3 Å². The second-order valence-electron chi connectivity index (χ2n) is 5.49. The van der Waals surface area contributed by atoms with Crippen molar-refractivity contribution in [2.75, 3.05) is 6.54 Å². The molecule has 0 aliphatic heterocycles. The molecule has 8 heteroatoms. The standard InChI is InChI=1S/C18H19ClFN3O3/c1-4-21-18(25)12(3)26-16(24)10-9-15-11(2)22-23(17(15)19)14-7-5-13(20)6-8-14/h5-10,12H,4H2,1-3H3,(H,21,25)/b10-9+/t12-/m1/s1. The third-order valence-corrected chi connectivity index (χ3v) is 3.88. The monoisotopic (exact) mass is 379 g/mol. The molecule has 1 heterocycles. The van der Waals surface area contributed by atoms with E-state index < -0.39 is 12.1 Å². The second kappa shape index (κ2) is 8.62. The summed E-state index contributed by atoms with van der Waals surface area (Å²) >= 11 is 6.32. The van der Waals surface area contributed by atoms with Crippen LogP contribution in [0.2, 0.25) is 5.15 Å². The van der Waals surface area contributed by atoms with Gasteiger partial charge in [0.05, 0.1) is 11.4 Å². The molecule has 1 aromatic carbocycles. The van der Waals surface area contributed by atoms with Crippen molar-refractivity contribution in [2.45, 2.75) is 26.9 Å². The summed E-state index contributed by atoms with van der Waals surface area (Å²) < 4.78 is 19.5. The van der Waals surface area contributed by atoms with Gasteiger partial charge in [-0.3, -0.25) is 4.79 Å². The van der Waals surface area contributed by atoms with E-state index in [0.29, 0.717) is 23.5 Å². The topological polar surface area (TPSA) is 73.2 Å². The van der Waals surface area contributed by atoms with Crippen LogP contribution in [-0.4, -0.2) is 34.3 Å². The van der Waals surface area contributed by atoms with Gasteiger partial charge in [0.1, 0.15) is 11.0 Å². The first-order valence-electron chi connectivity index (χ1n) is 8.01. The quantitative estimate of drug-likeness (QED) is 0.618. The molecule has 0 saturated heterocycles. The van der Waals surface area contributed by atoms with E-state index in [4.69, 9.17) is 16.3 Å². The first-order chi connectivity index (χ1) is 12.3. The summed E-state index contributed by atoms with van der Waals surface area (Å²) in [5.41, 5.74) is 1.70. The Balaban J connectivity index is 2.14. The molecule has 0 bridgehead atoms. The number of aromatic nitrogens is 2. The highest BCUT2D eigenvalue weighted by atomic mass is 35.5. The van der Waals surface area contributed by atoms with Crippen molar-refractivity contribution in [3.8, 4) is 5.69 Å². The fourth-order valence-electron chi connectivity index (χ4n) is 2.19. The van der Waals surface area contributed by atoms with Gasteiger partial charge in [-0.1, -0.05) is 11.6 Å². The number of likely N-dealkylation sites (N-methyl/N-ethyl adjacent to an activating group) is 1. The number of ether oxygens (including phenoxy) is 1. The Morgan fingerprint density at radius 3 is 2.65 bits per heavy atom. The lowest BCUT2D eigenvalue weighted by atomic mass is 10.2. The molecule has 2 aromatic rings. The molecule has 1 N–H and O–H groups in total. The highest BCUT2D eigenvalue weighted by Crippen LogP contribution is 2.24. The molecular formula is C18H19ClFN3O3. The smallest absolute Gasteiger partial charge is 0.331 e. The number of nitrogens with one attached hydrogen (secondary N) is 1. The van der Waals surface area contributed by atoms with Crippen LogP contribution in [0.5, 0.6) is 0 Å². The minimum Gasteiger partial charge on any atom is -0.449 e. The van der Waals surface area contributed by atoms with E-state index in [1.165, 1.54) is 35.9 Å². The van der Waals surface area contributed by atoms with Crippen molar-refractivity contribution in [1.82, 2.24) is 15.1 Å². The molecule has 0 aliphatic carbocycles. The number of halogens is 2. The van der Waals surface area contributed by atoms with Gasteiger partial charge in [0.15, 0.2) is 6.10 Å². The lowest BCUT2D eigenvalue weighted by Gasteiger charge is -2.10. The highest BCUT2D eigenvalue weighted by Gasteiger charge is 2.16. The molecule has 0 unspecified atom stereocenters. The molecule has 0 radical (unpaired) electrons.